The molecule has 0 fully saturated rings. The van der Waals surface area contributed by atoms with Crippen LogP contribution in [0.25, 0.3) is 0 Å². The van der Waals surface area contributed by atoms with Gasteiger partial charge in [-0.2, -0.15) is 13.9 Å². The molecule has 1 amide bonds. The summed E-state index contributed by atoms with van der Waals surface area (Å²) in [6.07, 6.45) is 0. The van der Waals surface area contributed by atoms with Crippen LogP contribution in [0.2, 0.25) is 0 Å². The van der Waals surface area contributed by atoms with Crippen LogP contribution in [0.3, 0.4) is 0 Å². The minimum absolute atomic E-state index is 0.0716. The summed E-state index contributed by atoms with van der Waals surface area (Å²) in [7, 11) is 0. The maximum atomic E-state index is 13.4. The summed E-state index contributed by atoms with van der Waals surface area (Å²) >= 11 is 0. The molecule has 0 bridgehead atoms. The number of anilines is 2. The molecule has 0 atom stereocenters. The zero-order chi connectivity index (χ0) is 14.7. The number of benzene rings is 1. The number of rotatable bonds is 4. The average molecular weight is 286 g/mol. The van der Waals surface area contributed by atoms with Crippen molar-refractivity contribution in [3.05, 3.63) is 35.8 Å². The van der Waals surface area contributed by atoms with E-state index in [2.05, 4.69) is 20.3 Å². The van der Waals surface area contributed by atoms with Crippen molar-refractivity contribution in [1.29, 1.82) is 0 Å². The molecule has 6 nitrogen and oxygen atoms in total. The number of nitrogens with zero attached hydrogens (tertiary/aromatic N) is 1. The largest absolute Gasteiger partial charge is 0.432 e. The number of halogens is 3. The van der Waals surface area contributed by atoms with Crippen molar-refractivity contribution in [2.75, 3.05) is 11.1 Å². The van der Waals surface area contributed by atoms with Crippen molar-refractivity contribution in [3.63, 3.8) is 0 Å². The van der Waals surface area contributed by atoms with Crippen molar-refractivity contribution in [2.24, 2.45) is 0 Å². The lowest BCUT2D eigenvalue weighted by atomic mass is 10.2. The molecule has 0 aliphatic heterocycles. The van der Waals surface area contributed by atoms with Gasteiger partial charge in [0, 0.05) is 17.8 Å². The SMILES string of the molecule is Nc1cc(C(=O)Nc2ccc(OC(F)F)c(F)c2)[nH]n1. The highest BCUT2D eigenvalue weighted by molar-refractivity contribution is 6.03. The van der Waals surface area contributed by atoms with Gasteiger partial charge in [0.05, 0.1) is 0 Å². The lowest BCUT2D eigenvalue weighted by molar-refractivity contribution is -0.0521. The molecule has 0 radical (unpaired) electrons. The first kappa shape index (κ1) is 13.7. The molecule has 106 valence electrons. The maximum absolute atomic E-state index is 13.4. The van der Waals surface area contributed by atoms with Crippen LogP contribution in [0.1, 0.15) is 10.5 Å². The summed E-state index contributed by atoms with van der Waals surface area (Å²) in [5.41, 5.74) is 5.48. The number of amides is 1. The number of nitrogen functional groups attached to an aromatic ring is 1. The fourth-order valence-corrected chi connectivity index (χ4v) is 1.42. The molecule has 0 saturated carbocycles. The normalized spacial score (nSPS) is 10.6. The Morgan fingerprint density at radius 3 is 2.70 bits per heavy atom. The second-order valence-corrected chi connectivity index (χ2v) is 3.68. The van der Waals surface area contributed by atoms with Gasteiger partial charge in [0.2, 0.25) is 0 Å². The van der Waals surface area contributed by atoms with Crippen LogP contribution in [0.5, 0.6) is 5.75 Å². The molecule has 0 saturated heterocycles. The molecule has 0 spiro atoms. The summed E-state index contributed by atoms with van der Waals surface area (Å²) in [6, 6.07) is 4.35. The first-order valence-corrected chi connectivity index (χ1v) is 5.32. The Bertz CT molecular complexity index is 630. The molecular weight excluding hydrogens is 277 g/mol. The first-order chi connectivity index (χ1) is 9.45. The molecular formula is C11H9F3N4O2. The number of aromatic nitrogens is 2. The van der Waals surface area contributed by atoms with E-state index in [1.807, 2.05) is 0 Å². The zero-order valence-corrected chi connectivity index (χ0v) is 9.86. The number of ether oxygens (including phenoxy) is 1. The number of aromatic amines is 1. The van der Waals surface area contributed by atoms with Crippen molar-refractivity contribution in [3.8, 4) is 5.75 Å². The molecule has 2 rings (SSSR count). The summed E-state index contributed by atoms with van der Waals surface area (Å²) in [5.74, 6) is -2.10. The van der Waals surface area contributed by atoms with E-state index in [4.69, 9.17) is 5.73 Å². The molecule has 2 aromatic rings. The van der Waals surface area contributed by atoms with E-state index < -0.39 is 24.1 Å². The van der Waals surface area contributed by atoms with Gasteiger partial charge in [-0.25, -0.2) is 4.39 Å². The van der Waals surface area contributed by atoms with Crippen molar-refractivity contribution in [2.45, 2.75) is 6.61 Å². The first-order valence-electron chi connectivity index (χ1n) is 5.32. The highest BCUT2D eigenvalue weighted by Gasteiger charge is 2.13. The predicted octanol–water partition coefficient (Wildman–Crippen LogP) is 1.98. The third-order valence-electron chi connectivity index (χ3n) is 2.25. The molecule has 9 heteroatoms. The zero-order valence-electron chi connectivity index (χ0n) is 9.86. The Labute approximate surface area is 110 Å². The van der Waals surface area contributed by atoms with E-state index in [-0.39, 0.29) is 17.2 Å². The number of H-pyrrole nitrogens is 1. The van der Waals surface area contributed by atoms with Crippen LogP contribution in [0.15, 0.2) is 24.3 Å². The Kier molecular flexibility index (Phi) is 3.78. The number of hydrogen-bond acceptors (Lipinski definition) is 4. The lowest BCUT2D eigenvalue weighted by Gasteiger charge is -2.08. The van der Waals surface area contributed by atoms with Crippen molar-refractivity contribution in [1.82, 2.24) is 10.2 Å². The van der Waals surface area contributed by atoms with E-state index >= 15 is 0 Å². The molecule has 1 aromatic heterocycles. The average Bonchev–Trinajstić information content (AvgIpc) is 2.79. The van der Waals surface area contributed by atoms with Gasteiger partial charge in [-0.3, -0.25) is 9.89 Å². The highest BCUT2D eigenvalue weighted by Crippen LogP contribution is 2.23. The van der Waals surface area contributed by atoms with Crippen LogP contribution < -0.4 is 15.8 Å². The number of alkyl halides is 2. The van der Waals surface area contributed by atoms with Gasteiger partial charge in [-0.1, -0.05) is 0 Å². The van der Waals surface area contributed by atoms with E-state index in [1.54, 1.807) is 0 Å². The predicted molar refractivity (Wildman–Crippen MR) is 64.0 cm³/mol. The number of hydrogen-bond donors (Lipinski definition) is 3. The molecule has 0 aliphatic carbocycles. The molecule has 1 heterocycles. The van der Waals surface area contributed by atoms with E-state index in [0.717, 1.165) is 12.1 Å². The maximum Gasteiger partial charge on any atom is 0.387 e. The molecule has 20 heavy (non-hydrogen) atoms. The number of carbonyl (C=O) groups excluding carboxylic acids is 1. The number of nitrogens with two attached hydrogens (primary N) is 1. The van der Waals surface area contributed by atoms with Gasteiger partial charge in [0.1, 0.15) is 11.5 Å². The summed E-state index contributed by atoms with van der Waals surface area (Å²) in [6.45, 7) is -3.13. The molecule has 4 N–H and O–H groups in total. The third kappa shape index (κ3) is 3.19. The van der Waals surface area contributed by atoms with Crippen LogP contribution in [-0.2, 0) is 0 Å². The van der Waals surface area contributed by atoms with E-state index in [0.29, 0.717) is 0 Å². The monoisotopic (exact) mass is 286 g/mol. The second kappa shape index (κ2) is 5.51. The van der Waals surface area contributed by atoms with Gasteiger partial charge >= 0.3 is 6.61 Å². The minimum atomic E-state index is -3.13. The van der Waals surface area contributed by atoms with Crippen molar-refractivity contribution < 1.29 is 22.7 Å². The smallest absolute Gasteiger partial charge is 0.387 e. The van der Waals surface area contributed by atoms with Crippen LogP contribution in [-0.4, -0.2) is 22.7 Å². The van der Waals surface area contributed by atoms with Gasteiger partial charge in [0.15, 0.2) is 11.6 Å². The Hall–Kier alpha value is -2.71. The minimum Gasteiger partial charge on any atom is -0.432 e. The Morgan fingerprint density at radius 2 is 2.15 bits per heavy atom. The van der Waals surface area contributed by atoms with Crippen molar-refractivity contribution >= 4 is 17.4 Å². The van der Waals surface area contributed by atoms with Crippen LogP contribution >= 0.6 is 0 Å². The molecule has 0 unspecified atom stereocenters. The molecule has 0 aliphatic rings. The Morgan fingerprint density at radius 1 is 1.40 bits per heavy atom. The van der Waals surface area contributed by atoms with Gasteiger partial charge in [-0.15, -0.1) is 0 Å². The topological polar surface area (TPSA) is 93.0 Å². The van der Waals surface area contributed by atoms with E-state index in [1.165, 1.54) is 12.1 Å². The van der Waals surface area contributed by atoms with Gasteiger partial charge < -0.3 is 15.8 Å². The second-order valence-electron chi connectivity index (χ2n) is 3.68. The standard InChI is InChI=1S/C11H9F3N4O2/c12-6-3-5(1-2-8(6)20-11(13)14)16-10(19)7-4-9(15)18-17-7/h1-4,11H,(H,16,19)(H3,15,17,18). The summed E-state index contributed by atoms with van der Waals surface area (Å²) in [4.78, 5) is 11.7. The fraction of sp³-hybridized carbons (Fsp3) is 0.0909. The number of carbonyl (C=O) groups is 1. The van der Waals surface area contributed by atoms with Crippen LogP contribution in [0, 0.1) is 5.82 Å². The van der Waals surface area contributed by atoms with E-state index in [9.17, 15) is 18.0 Å². The summed E-state index contributed by atoms with van der Waals surface area (Å²) in [5, 5.41) is 8.28. The highest BCUT2D eigenvalue weighted by atomic mass is 19.3. The quantitative estimate of drug-likeness (QED) is 0.801. The van der Waals surface area contributed by atoms with Crippen LogP contribution in [0.4, 0.5) is 24.7 Å². The lowest BCUT2D eigenvalue weighted by Crippen LogP contribution is -2.12. The van der Waals surface area contributed by atoms with Gasteiger partial charge in [-0.05, 0) is 12.1 Å². The molecule has 1 aromatic carbocycles. The Balaban J connectivity index is 2.10. The fourth-order valence-electron chi connectivity index (χ4n) is 1.42. The third-order valence-corrected chi connectivity index (χ3v) is 2.25. The summed E-state index contributed by atoms with van der Waals surface area (Å²) < 4.78 is 41.3. The number of nitrogens with one attached hydrogen (secondary N) is 2. The van der Waals surface area contributed by atoms with Gasteiger partial charge in [0.25, 0.3) is 5.91 Å².